The van der Waals surface area contributed by atoms with Gasteiger partial charge in [-0.3, -0.25) is 9.69 Å². The fourth-order valence-corrected chi connectivity index (χ4v) is 3.42. The Labute approximate surface area is 178 Å². The predicted octanol–water partition coefficient (Wildman–Crippen LogP) is 2.41. The van der Waals surface area contributed by atoms with Crippen LogP contribution in [-0.4, -0.2) is 54.7 Å². The molecule has 0 saturated carbocycles. The van der Waals surface area contributed by atoms with Crippen LogP contribution in [0.15, 0.2) is 24.3 Å². The number of nitrogens with two attached hydrogens (primary N) is 1. The third-order valence-electron chi connectivity index (χ3n) is 5.11. The third-order valence-corrected chi connectivity index (χ3v) is 5.11. The third kappa shape index (κ3) is 5.46. The molecule has 2 aromatic rings. The molecule has 1 aromatic heterocycles. The fourth-order valence-electron chi connectivity index (χ4n) is 3.42. The zero-order chi connectivity index (χ0) is 21.5. The minimum Gasteiger partial charge on any atom is -0.461 e. The first kappa shape index (κ1) is 22.0. The van der Waals surface area contributed by atoms with Gasteiger partial charge in [-0.1, -0.05) is 37.6 Å². The number of aromatic nitrogens is 2. The molecule has 162 valence electrons. The van der Waals surface area contributed by atoms with E-state index in [4.69, 9.17) is 15.2 Å². The lowest BCUT2D eigenvalue weighted by Crippen LogP contribution is -2.26. The van der Waals surface area contributed by atoms with Crippen LogP contribution in [0.4, 0.5) is 11.6 Å². The molecule has 8 nitrogen and oxygen atoms in total. The number of carbonyl (C=O) groups is 1. The van der Waals surface area contributed by atoms with Crippen LogP contribution >= 0.6 is 0 Å². The van der Waals surface area contributed by atoms with Crippen LogP contribution in [-0.2, 0) is 29.0 Å². The van der Waals surface area contributed by atoms with Crippen LogP contribution in [0.3, 0.4) is 0 Å². The molecule has 0 atom stereocenters. The standard InChI is InChI=1S/C22H31N5O3/c1-4-5-10-26(2)14-16-6-8-17(9-7-16)15-27-19(28)13-18-20(23)24-22(25-21(18)27)30-12-11-29-3/h6-9H,4-5,10-15H2,1-3H3,(H2,23,24,25). The highest BCUT2D eigenvalue weighted by molar-refractivity contribution is 6.01. The number of hydrogen-bond donors (Lipinski definition) is 1. The first-order valence-electron chi connectivity index (χ1n) is 10.4. The summed E-state index contributed by atoms with van der Waals surface area (Å²) in [6, 6.07) is 8.53. The van der Waals surface area contributed by atoms with Gasteiger partial charge < -0.3 is 20.1 Å². The zero-order valence-electron chi connectivity index (χ0n) is 18.1. The maximum atomic E-state index is 12.6. The lowest BCUT2D eigenvalue weighted by molar-refractivity contribution is -0.117. The van der Waals surface area contributed by atoms with E-state index in [9.17, 15) is 4.79 Å². The maximum Gasteiger partial charge on any atom is 0.320 e. The van der Waals surface area contributed by atoms with Gasteiger partial charge in [0.1, 0.15) is 18.2 Å². The SMILES string of the molecule is CCCCN(C)Cc1ccc(CN2C(=O)Cc3c(N)nc(OCCOC)nc32)cc1. The normalized spacial score (nSPS) is 13.2. The molecule has 8 heteroatoms. The van der Waals surface area contributed by atoms with Crippen LogP contribution in [0.5, 0.6) is 6.01 Å². The summed E-state index contributed by atoms with van der Waals surface area (Å²) >= 11 is 0. The van der Waals surface area contributed by atoms with Crippen LogP contribution in [0.25, 0.3) is 0 Å². The summed E-state index contributed by atoms with van der Waals surface area (Å²) in [6.07, 6.45) is 2.61. The molecule has 1 aliphatic heterocycles. The molecule has 0 saturated heterocycles. The van der Waals surface area contributed by atoms with Gasteiger partial charge in [0.25, 0.3) is 0 Å². The lowest BCUT2D eigenvalue weighted by atomic mass is 10.1. The second kappa shape index (κ2) is 10.4. The van der Waals surface area contributed by atoms with Crippen LogP contribution < -0.4 is 15.4 Å². The largest absolute Gasteiger partial charge is 0.461 e. The number of carbonyl (C=O) groups excluding carboxylic acids is 1. The second-order valence-electron chi connectivity index (χ2n) is 7.60. The van der Waals surface area contributed by atoms with Gasteiger partial charge >= 0.3 is 6.01 Å². The molecule has 3 rings (SSSR count). The highest BCUT2D eigenvalue weighted by Gasteiger charge is 2.32. The highest BCUT2D eigenvalue weighted by Crippen LogP contribution is 2.33. The Hall–Kier alpha value is -2.71. The molecule has 0 aliphatic carbocycles. The van der Waals surface area contributed by atoms with E-state index in [1.54, 1.807) is 12.0 Å². The number of methoxy groups -OCH3 is 1. The minimum atomic E-state index is -0.0385. The van der Waals surface area contributed by atoms with Gasteiger partial charge in [-0.15, -0.1) is 0 Å². The van der Waals surface area contributed by atoms with Crippen molar-refractivity contribution in [1.82, 2.24) is 14.9 Å². The molecule has 2 heterocycles. The molecular weight excluding hydrogens is 382 g/mol. The molecule has 1 aliphatic rings. The number of unbranched alkanes of at least 4 members (excludes halogenated alkanes) is 1. The summed E-state index contributed by atoms with van der Waals surface area (Å²) in [6.45, 7) is 5.38. The van der Waals surface area contributed by atoms with Gasteiger partial charge in [-0.2, -0.15) is 9.97 Å². The van der Waals surface area contributed by atoms with E-state index in [2.05, 4.69) is 53.1 Å². The van der Waals surface area contributed by atoms with Crippen molar-refractivity contribution in [1.29, 1.82) is 0 Å². The number of nitrogens with zero attached hydrogens (tertiary/aromatic N) is 4. The number of fused-ring (bicyclic) bond motifs is 1. The van der Waals surface area contributed by atoms with Crippen molar-refractivity contribution in [3.05, 3.63) is 41.0 Å². The topological polar surface area (TPSA) is 93.8 Å². The molecule has 0 radical (unpaired) electrons. The van der Waals surface area contributed by atoms with Gasteiger partial charge in [0.2, 0.25) is 5.91 Å². The van der Waals surface area contributed by atoms with Crippen molar-refractivity contribution in [2.75, 3.05) is 44.5 Å². The number of anilines is 2. The number of rotatable bonds is 11. The number of hydrogen-bond acceptors (Lipinski definition) is 7. The summed E-state index contributed by atoms with van der Waals surface area (Å²) < 4.78 is 10.5. The average Bonchev–Trinajstić information content (AvgIpc) is 3.04. The van der Waals surface area contributed by atoms with Crippen molar-refractivity contribution in [3.8, 4) is 6.01 Å². The summed E-state index contributed by atoms with van der Waals surface area (Å²) in [5, 5.41) is 0. The van der Waals surface area contributed by atoms with E-state index in [0.29, 0.717) is 31.1 Å². The van der Waals surface area contributed by atoms with E-state index in [-0.39, 0.29) is 24.2 Å². The minimum absolute atomic E-state index is 0.0385. The summed E-state index contributed by atoms with van der Waals surface area (Å²) in [4.78, 5) is 25.2. The van der Waals surface area contributed by atoms with Crippen LogP contribution in [0.2, 0.25) is 0 Å². The van der Waals surface area contributed by atoms with E-state index in [1.807, 2.05) is 0 Å². The van der Waals surface area contributed by atoms with Gasteiger partial charge in [-0.05, 0) is 31.1 Å². The molecule has 0 fully saturated rings. The zero-order valence-corrected chi connectivity index (χ0v) is 18.1. The second-order valence-corrected chi connectivity index (χ2v) is 7.60. The molecule has 0 bridgehead atoms. The van der Waals surface area contributed by atoms with Crippen molar-refractivity contribution >= 4 is 17.5 Å². The number of amides is 1. The molecule has 30 heavy (non-hydrogen) atoms. The Morgan fingerprint density at radius 2 is 1.90 bits per heavy atom. The molecular formula is C22H31N5O3. The van der Waals surface area contributed by atoms with Gasteiger partial charge in [0.15, 0.2) is 0 Å². The lowest BCUT2D eigenvalue weighted by Gasteiger charge is -2.19. The average molecular weight is 414 g/mol. The molecule has 2 N–H and O–H groups in total. The molecule has 0 spiro atoms. The Morgan fingerprint density at radius 1 is 1.17 bits per heavy atom. The van der Waals surface area contributed by atoms with Crippen molar-refractivity contribution in [3.63, 3.8) is 0 Å². The summed E-state index contributed by atoms with van der Waals surface area (Å²) in [5.41, 5.74) is 9.00. The summed E-state index contributed by atoms with van der Waals surface area (Å²) in [7, 11) is 3.73. The van der Waals surface area contributed by atoms with Crippen molar-refractivity contribution in [2.24, 2.45) is 0 Å². The summed E-state index contributed by atoms with van der Waals surface area (Å²) in [5.74, 6) is 0.778. The van der Waals surface area contributed by atoms with E-state index in [0.717, 1.165) is 18.7 Å². The fraction of sp³-hybridized carbons (Fsp3) is 0.500. The first-order chi connectivity index (χ1) is 14.5. The van der Waals surface area contributed by atoms with Crippen molar-refractivity contribution in [2.45, 2.75) is 39.3 Å². The highest BCUT2D eigenvalue weighted by atomic mass is 16.5. The predicted molar refractivity (Wildman–Crippen MR) is 116 cm³/mol. The monoisotopic (exact) mass is 413 g/mol. The Balaban J connectivity index is 1.69. The maximum absolute atomic E-state index is 12.6. The molecule has 1 aromatic carbocycles. The molecule has 0 unspecified atom stereocenters. The van der Waals surface area contributed by atoms with Gasteiger partial charge in [0, 0.05) is 19.2 Å². The first-order valence-corrected chi connectivity index (χ1v) is 10.4. The Kier molecular flexibility index (Phi) is 7.59. The van der Waals surface area contributed by atoms with Crippen LogP contribution in [0.1, 0.15) is 36.5 Å². The van der Waals surface area contributed by atoms with E-state index >= 15 is 0 Å². The number of ether oxygens (including phenoxy) is 2. The number of nitrogen functional groups attached to an aromatic ring is 1. The van der Waals surface area contributed by atoms with E-state index in [1.165, 1.54) is 18.4 Å². The van der Waals surface area contributed by atoms with Gasteiger partial charge in [0.05, 0.1) is 19.6 Å². The van der Waals surface area contributed by atoms with Crippen LogP contribution in [0, 0.1) is 0 Å². The van der Waals surface area contributed by atoms with Gasteiger partial charge in [-0.25, -0.2) is 0 Å². The quantitative estimate of drug-likeness (QED) is 0.565. The smallest absolute Gasteiger partial charge is 0.320 e. The Morgan fingerprint density at radius 3 is 2.60 bits per heavy atom. The van der Waals surface area contributed by atoms with E-state index < -0.39 is 0 Å². The molecule has 1 amide bonds. The number of benzene rings is 1. The van der Waals surface area contributed by atoms with Crippen molar-refractivity contribution < 1.29 is 14.3 Å². The Bertz CT molecular complexity index is 857.